The van der Waals surface area contributed by atoms with Gasteiger partial charge >= 0.3 is 5.97 Å². The first-order valence-electron chi connectivity index (χ1n) is 2.40. The van der Waals surface area contributed by atoms with E-state index in [1.807, 2.05) is 0 Å². The summed E-state index contributed by atoms with van der Waals surface area (Å²) < 4.78 is 0. The third kappa shape index (κ3) is 7.19. The van der Waals surface area contributed by atoms with E-state index < -0.39 is 5.97 Å². The highest BCUT2D eigenvalue weighted by Crippen LogP contribution is 1.76. The topological polar surface area (TPSA) is 81.4 Å². The first-order valence-corrected chi connectivity index (χ1v) is 2.40. The number of hydrogen-bond acceptors (Lipinski definition) is 4. The van der Waals surface area contributed by atoms with E-state index in [9.17, 15) is 9.59 Å². The number of carbonyl (C=O) groups excluding carboxylic acids is 2. The molecule has 0 heterocycles. The monoisotopic (exact) mass is 168 g/mol. The zero-order valence-corrected chi connectivity index (χ0v) is 6.02. The number of nitrogens with one attached hydrogen (secondary N) is 1. The van der Waals surface area contributed by atoms with E-state index in [2.05, 4.69) is 4.84 Å². The van der Waals surface area contributed by atoms with Crippen molar-refractivity contribution in [1.29, 1.82) is 0 Å². The molecule has 0 saturated carbocycles. The molecule has 0 aliphatic rings. The third-order valence-corrected chi connectivity index (χ3v) is 0.569. The summed E-state index contributed by atoms with van der Waals surface area (Å²) in [7, 11) is 0. The second-order valence-electron chi connectivity index (χ2n) is 1.25. The maximum absolute atomic E-state index is 10.3. The molecular formula is C4H9ClN2O3. The molecule has 6 heteroatoms. The molecule has 0 radical (unpaired) electrons. The van der Waals surface area contributed by atoms with Gasteiger partial charge in [-0.25, -0.2) is 4.79 Å². The molecule has 3 N–H and O–H groups in total. The van der Waals surface area contributed by atoms with Crippen LogP contribution in [0.15, 0.2) is 0 Å². The van der Waals surface area contributed by atoms with Gasteiger partial charge in [-0.3, -0.25) is 4.79 Å². The van der Waals surface area contributed by atoms with Crippen LogP contribution in [-0.4, -0.2) is 18.9 Å². The Balaban J connectivity index is 0. The Morgan fingerprint density at radius 3 is 2.70 bits per heavy atom. The minimum Gasteiger partial charge on any atom is -0.341 e. The van der Waals surface area contributed by atoms with Crippen molar-refractivity contribution >= 4 is 24.8 Å². The van der Waals surface area contributed by atoms with Gasteiger partial charge in [0, 0.05) is 6.54 Å². The fourth-order valence-corrected chi connectivity index (χ4v) is 0.259. The minimum absolute atomic E-state index is 0. The van der Waals surface area contributed by atoms with Crippen LogP contribution in [0.3, 0.4) is 0 Å². The van der Waals surface area contributed by atoms with Crippen molar-refractivity contribution in [2.45, 2.75) is 6.42 Å². The van der Waals surface area contributed by atoms with Gasteiger partial charge in [0.15, 0.2) is 0 Å². The SMILES string of the molecule is Cl.NCCC(=O)ONC=O. The molecule has 5 nitrogen and oxygen atoms in total. The smallest absolute Gasteiger partial charge is 0.333 e. The van der Waals surface area contributed by atoms with Crippen molar-refractivity contribution in [2.24, 2.45) is 5.73 Å². The highest BCUT2D eigenvalue weighted by Gasteiger charge is 1.97. The van der Waals surface area contributed by atoms with Gasteiger partial charge < -0.3 is 10.6 Å². The number of amides is 1. The molecule has 0 atom stereocenters. The second kappa shape index (κ2) is 8.19. The van der Waals surface area contributed by atoms with Gasteiger partial charge in [0.1, 0.15) is 0 Å². The predicted octanol–water partition coefficient (Wildman–Crippen LogP) is -1.04. The number of nitrogens with two attached hydrogens (primary N) is 1. The summed E-state index contributed by atoms with van der Waals surface area (Å²) in [5, 5.41) is 0. The van der Waals surface area contributed by atoms with E-state index in [0.717, 1.165) is 0 Å². The Morgan fingerprint density at radius 2 is 2.30 bits per heavy atom. The van der Waals surface area contributed by atoms with Crippen molar-refractivity contribution in [3.8, 4) is 0 Å². The predicted molar refractivity (Wildman–Crippen MR) is 36.2 cm³/mol. The van der Waals surface area contributed by atoms with E-state index in [1.165, 1.54) is 0 Å². The van der Waals surface area contributed by atoms with Gasteiger partial charge in [-0.2, -0.15) is 5.48 Å². The molecule has 0 aromatic rings. The zero-order chi connectivity index (χ0) is 7.11. The molecule has 60 valence electrons. The van der Waals surface area contributed by atoms with Crippen LogP contribution in [0.25, 0.3) is 0 Å². The number of hydroxylamine groups is 1. The van der Waals surface area contributed by atoms with E-state index in [0.29, 0.717) is 0 Å². The molecule has 0 saturated heterocycles. The maximum atomic E-state index is 10.3. The molecular weight excluding hydrogens is 160 g/mol. The van der Waals surface area contributed by atoms with E-state index in [-0.39, 0.29) is 31.8 Å². The fourth-order valence-electron chi connectivity index (χ4n) is 0.259. The summed E-state index contributed by atoms with van der Waals surface area (Å²) in [5.41, 5.74) is 6.73. The Morgan fingerprint density at radius 1 is 1.70 bits per heavy atom. The molecule has 0 fully saturated rings. The molecule has 0 aromatic heterocycles. The van der Waals surface area contributed by atoms with Gasteiger partial charge in [0.2, 0.25) is 6.41 Å². The van der Waals surface area contributed by atoms with Crippen LogP contribution >= 0.6 is 12.4 Å². The average molecular weight is 169 g/mol. The van der Waals surface area contributed by atoms with E-state index >= 15 is 0 Å². The molecule has 0 aliphatic heterocycles. The summed E-state index contributed by atoms with van der Waals surface area (Å²) in [5.74, 6) is -0.537. The Labute approximate surface area is 64.3 Å². The minimum atomic E-state index is -0.537. The molecule has 0 bridgehead atoms. The van der Waals surface area contributed by atoms with Gasteiger partial charge in [0.05, 0.1) is 6.42 Å². The molecule has 0 unspecified atom stereocenters. The van der Waals surface area contributed by atoms with Gasteiger partial charge in [-0.05, 0) is 0 Å². The molecule has 0 rings (SSSR count). The lowest BCUT2D eigenvalue weighted by Gasteiger charge is -1.96. The van der Waals surface area contributed by atoms with Gasteiger partial charge in [0.25, 0.3) is 0 Å². The summed E-state index contributed by atoms with van der Waals surface area (Å²) in [6, 6.07) is 0. The van der Waals surface area contributed by atoms with Gasteiger partial charge in [-0.15, -0.1) is 12.4 Å². The van der Waals surface area contributed by atoms with Crippen LogP contribution in [0.2, 0.25) is 0 Å². The molecule has 0 spiro atoms. The zero-order valence-electron chi connectivity index (χ0n) is 5.20. The molecule has 1 amide bonds. The number of halogens is 1. The van der Waals surface area contributed by atoms with Crippen LogP contribution in [0.4, 0.5) is 0 Å². The fraction of sp³-hybridized carbons (Fsp3) is 0.500. The van der Waals surface area contributed by atoms with Crippen molar-refractivity contribution in [3.63, 3.8) is 0 Å². The Kier molecular flexibility index (Phi) is 9.77. The summed E-state index contributed by atoms with van der Waals surface area (Å²) in [6.45, 7) is 0.222. The molecule has 0 aromatic carbocycles. The quantitative estimate of drug-likeness (QED) is 0.415. The number of carbonyl (C=O) groups is 2. The van der Waals surface area contributed by atoms with E-state index in [1.54, 1.807) is 5.48 Å². The standard InChI is InChI=1S/C4H8N2O3.ClH/c5-2-1-4(8)9-6-3-7;/h3H,1-2,5H2,(H,6,7);1H. The maximum Gasteiger partial charge on any atom is 0.333 e. The average Bonchev–Trinajstić information content (AvgIpc) is 1.85. The van der Waals surface area contributed by atoms with Crippen LogP contribution in [0, 0.1) is 0 Å². The lowest BCUT2D eigenvalue weighted by atomic mass is 10.4. The van der Waals surface area contributed by atoms with E-state index in [4.69, 9.17) is 5.73 Å². The highest BCUT2D eigenvalue weighted by molar-refractivity contribution is 5.85. The number of rotatable bonds is 4. The van der Waals surface area contributed by atoms with Crippen LogP contribution in [-0.2, 0) is 14.4 Å². The lowest BCUT2D eigenvalue weighted by molar-refractivity contribution is -0.154. The van der Waals surface area contributed by atoms with Crippen LogP contribution in [0.5, 0.6) is 0 Å². The molecule has 10 heavy (non-hydrogen) atoms. The molecule has 0 aliphatic carbocycles. The first-order chi connectivity index (χ1) is 4.31. The van der Waals surface area contributed by atoms with Crippen molar-refractivity contribution in [3.05, 3.63) is 0 Å². The summed E-state index contributed by atoms with van der Waals surface area (Å²) in [6.07, 6.45) is 0.384. The first kappa shape index (κ1) is 11.9. The largest absolute Gasteiger partial charge is 0.341 e. The summed E-state index contributed by atoms with van der Waals surface area (Å²) >= 11 is 0. The number of hydrogen-bond donors (Lipinski definition) is 2. The third-order valence-electron chi connectivity index (χ3n) is 0.569. The normalized spacial score (nSPS) is 7.30. The van der Waals surface area contributed by atoms with Crippen molar-refractivity contribution in [2.75, 3.05) is 6.54 Å². The summed E-state index contributed by atoms with van der Waals surface area (Å²) in [4.78, 5) is 23.9. The lowest BCUT2D eigenvalue weighted by Crippen LogP contribution is -2.20. The Bertz CT molecular complexity index is 109. The van der Waals surface area contributed by atoms with Crippen molar-refractivity contribution < 1.29 is 14.4 Å². The van der Waals surface area contributed by atoms with Crippen molar-refractivity contribution in [1.82, 2.24) is 5.48 Å². The second-order valence-corrected chi connectivity index (χ2v) is 1.25. The Hall–Kier alpha value is -0.810. The van der Waals surface area contributed by atoms with Gasteiger partial charge in [-0.1, -0.05) is 0 Å². The highest BCUT2D eigenvalue weighted by atomic mass is 35.5. The van der Waals surface area contributed by atoms with Crippen LogP contribution in [0.1, 0.15) is 6.42 Å². The van der Waals surface area contributed by atoms with Crippen LogP contribution < -0.4 is 11.2 Å².